The van der Waals surface area contributed by atoms with Crippen LogP contribution in [-0.4, -0.2) is 24.5 Å². The topological polar surface area (TPSA) is 72.6 Å². The summed E-state index contributed by atoms with van der Waals surface area (Å²) in [4.78, 5) is 23.7. The van der Waals surface area contributed by atoms with Crippen LogP contribution in [-0.2, 0) is 14.4 Å². The molecule has 0 atom stereocenters. The molecule has 0 saturated carbocycles. The summed E-state index contributed by atoms with van der Waals surface area (Å²) in [7, 11) is 1.18. The molecule has 1 amide bonds. The van der Waals surface area contributed by atoms with E-state index in [-0.39, 0.29) is 6.29 Å². The molecule has 0 unspecified atom stereocenters. The summed E-state index contributed by atoms with van der Waals surface area (Å²) in [5, 5.41) is 0.340. The highest BCUT2D eigenvalue weighted by Gasteiger charge is 2.03. The summed E-state index contributed by atoms with van der Waals surface area (Å²) in [5.41, 5.74) is 0. The maximum absolute atomic E-state index is 10.1. The third kappa shape index (κ3) is 1.67. The number of amides is 1. The largest absolute Gasteiger partial charge is 0.325 e. The summed E-state index contributed by atoms with van der Waals surface area (Å²) < 4.78 is 0. The maximum atomic E-state index is 10.1. The molecule has 5 nitrogen and oxygen atoms in total. The molecule has 0 radical (unpaired) electrons. The highest BCUT2D eigenvalue weighted by molar-refractivity contribution is 6.22. The van der Waals surface area contributed by atoms with Crippen LogP contribution in [0.25, 0.3) is 0 Å². The average molecular weight is 118 g/mol. The minimum absolute atomic E-state index is 0.0590. The van der Waals surface area contributed by atoms with Crippen LogP contribution < -0.4 is 5.84 Å². The van der Waals surface area contributed by atoms with E-state index in [9.17, 15) is 9.59 Å². The molecule has 8 heavy (non-hydrogen) atoms. The summed E-state index contributed by atoms with van der Waals surface area (Å²) in [6.07, 6.45) is 0.0590. The molecule has 0 bridgehead atoms. The van der Waals surface area contributed by atoms with Crippen molar-refractivity contribution < 1.29 is 14.4 Å². The highest BCUT2D eigenvalue weighted by atomic mass is 16.7. The minimum atomic E-state index is -0.910. The number of nitrogens with two attached hydrogens (primary N) is 1. The Labute approximate surface area is 45.9 Å². The Morgan fingerprint density at radius 3 is 2.50 bits per heavy atom. The predicted octanol–water partition coefficient (Wildman–Crippen LogP) is -1.55. The summed E-state index contributed by atoms with van der Waals surface area (Å²) in [6, 6.07) is 0. The zero-order valence-electron chi connectivity index (χ0n) is 4.33. The molecule has 0 fully saturated rings. The minimum Gasteiger partial charge on any atom is -0.292 e. The number of rotatable bonds is 2. The first-order valence-electron chi connectivity index (χ1n) is 1.80. The van der Waals surface area contributed by atoms with Gasteiger partial charge >= 0.3 is 5.91 Å². The fourth-order valence-corrected chi connectivity index (χ4v) is 0.142. The van der Waals surface area contributed by atoms with Gasteiger partial charge in [-0.25, -0.2) is 5.84 Å². The SMILES string of the molecule is CON(N)C(=O)C=O. The van der Waals surface area contributed by atoms with Crippen LogP contribution in [0.4, 0.5) is 0 Å². The third-order valence-corrected chi connectivity index (χ3v) is 0.515. The van der Waals surface area contributed by atoms with Gasteiger partial charge in [0, 0.05) is 0 Å². The Balaban J connectivity index is 3.62. The number of hydrazine groups is 1. The van der Waals surface area contributed by atoms with E-state index in [4.69, 9.17) is 5.84 Å². The molecule has 0 aliphatic rings. The van der Waals surface area contributed by atoms with Gasteiger partial charge in [0.2, 0.25) is 6.29 Å². The van der Waals surface area contributed by atoms with E-state index in [1.54, 1.807) is 0 Å². The number of nitrogens with zero attached hydrogens (tertiary/aromatic N) is 1. The Kier molecular flexibility index (Phi) is 2.75. The van der Waals surface area contributed by atoms with Crippen molar-refractivity contribution in [2.75, 3.05) is 7.11 Å². The molecule has 0 aromatic carbocycles. The molecule has 0 saturated heterocycles. The number of hydrogen-bond acceptors (Lipinski definition) is 4. The Morgan fingerprint density at radius 1 is 1.88 bits per heavy atom. The van der Waals surface area contributed by atoms with Gasteiger partial charge in [0.15, 0.2) is 0 Å². The van der Waals surface area contributed by atoms with Crippen molar-refractivity contribution in [2.24, 2.45) is 5.84 Å². The van der Waals surface area contributed by atoms with Crippen LogP contribution in [0.5, 0.6) is 0 Å². The van der Waals surface area contributed by atoms with E-state index in [0.29, 0.717) is 5.17 Å². The lowest BCUT2D eigenvalue weighted by atomic mass is 10.7. The fraction of sp³-hybridized carbons (Fsp3) is 0.333. The van der Waals surface area contributed by atoms with E-state index in [0.717, 1.165) is 0 Å². The van der Waals surface area contributed by atoms with Crippen LogP contribution in [0, 0.1) is 0 Å². The number of carbonyl (C=O) groups excluding carboxylic acids is 2. The van der Waals surface area contributed by atoms with Gasteiger partial charge < -0.3 is 0 Å². The summed E-state index contributed by atoms with van der Waals surface area (Å²) in [6.45, 7) is 0. The first-order chi connectivity index (χ1) is 3.72. The van der Waals surface area contributed by atoms with Gasteiger partial charge in [-0.05, 0) is 0 Å². The van der Waals surface area contributed by atoms with E-state index < -0.39 is 5.91 Å². The molecule has 5 heteroatoms. The Hall–Kier alpha value is -0.940. The van der Waals surface area contributed by atoms with Crippen molar-refractivity contribution in [1.82, 2.24) is 5.17 Å². The maximum Gasteiger partial charge on any atom is 0.325 e. The molecule has 2 N–H and O–H groups in total. The molecular formula is C3H6N2O3. The Bertz CT molecular complexity index is 103. The van der Waals surface area contributed by atoms with Crippen molar-refractivity contribution in [3.8, 4) is 0 Å². The zero-order chi connectivity index (χ0) is 6.57. The van der Waals surface area contributed by atoms with Crippen molar-refractivity contribution in [1.29, 1.82) is 0 Å². The van der Waals surface area contributed by atoms with Gasteiger partial charge in [-0.15, -0.1) is 5.17 Å². The molecular weight excluding hydrogens is 112 g/mol. The van der Waals surface area contributed by atoms with Crippen LogP contribution >= 0.6 is 0 Å². The predicted molar refractivity (Wildman–Crippen MR) is 24.1 cm³/mol. The lowest BCUT2D eigenvalue weighted by molar-refractivity contribution is -0.177. The van der Waals surface area contributed by atoms with E-state index in [1.807, 2.05) is 0 Å². The van der Waals surface area contributed by atoms with Crippen molar-refractivity contribution in [2.45, 2.75) is 0 Å². The molecule has 0 aliphatic carbocycles. The second-order valence-electron chi connectivity index (χ2n) is 0.964. The van der Waals surface area contributed by atoms with Gasteiger partial charge in [-0.2, -0.15) is 0 Å². The van der Waals surface area contributed by atoms with Gasteiger partial charge in [0.1, 0.15) is 0 Å². The first-order valence-corrected chi connectivity index (χ1v) is 1.80. The van der Waals surface area contributed by atoms with E-state index in [2.05, 4.69) is 4.84 Å². The fourth-order valence-electron chi connectivity index (χ4n) is 0.142. The second kappa shape index (κ2) is 3.11. The molecule has 46 valence electrons. The second-order valence-corrected chi connectivity index (χ2v) is 0.964. The molecule has 0 aromatic heterocycles. The zero-order valence-corrected chi connectivity index (χ0v) is 4.33. The van der Waals surface area contributed by atoms with Crippen molar-refractivity contribution >= 4 is 12.2 Å². The van der Waals surface area contributed by atoms with Crippen LogP contribution in [0.3, 0.4) is 0 Å². The van der Waals surface area contributed by atoms with Crippen LogP contribution in [0.2, 0.25) is 0 Å². The lowest BCUT2D eigenvalue weighted by Crippen LogP contribution is -2.36. The number of aldehydes is 1. The van der Waals surface area contributed by atoms with Crippen LogP contribution in [0.15, 0.2) is 0 Å². The number of hydroxylamine groups is 1. The quantitative estimate of drug-likeness (QED) is 0.157. The molecule has 0 heterocycles. The molecule has 0 rings (SSSR count). The molecule has 0 aromatic rings. The summed E-state index contributed by atoms with van der Waals surface area (Å²) >= 11 is 0. The first kappa shape index (κ1) is 7.06. The normalized spacial score (nSPS) is 8.25. The third-order valence-electron chi connectivity index (χ3n) is 0.515. The van der Waals surface area contributed by atoms with Crippen LogP contribution in [0.1, 0.15) is 0 Å². The summed E-state index contributed by atoms with van der Waals surface area (Å²) in [5.74, 6) is 3.85. The standard InChI is InChI=1S/C3H6N2O3/c1-8-5(4)3(7)2-6/h2H,4H2,1H3. The van der Waals surface area contributed by atoms with Crippen molar-refractivity contribution in [3.63, 3.8) is 0 Å². The number of hydrogen-bond donors (Lipinski definition) is 1. The number of carbonyl (C=O) groups is 2. The van der Waals surface area contributed by atoms with E-state index >= 15 is 0 Å². The highest BCUT2D eigenvalue weighted by Crippen LogP contribution is 1.72. The smallest absolute Gasteiger partial charge is 0.292 e. The molecule has 0 spiro atoms. The van der Waals surface area contributed by atoms with E-state index in [1.165, 1.54) is 7.11 Å². The van der Waals surface area contributed by atoms with Gasteiger partial charge in [0.25, 0.3) is 0 Å². The monoisotopic (exact) mass is 118 g/mol. The molecule has 0 aliphatic heterocycles. The van der Waals surface area contributed by atoms with Gasteiger partial charge in [-0.1, -0.05) is 0 Å². The average Bonchev–Trinajstić information content (AvgIpc) is 1.84. The van der Waals surface area contributed by atoms with Crippen molar-refractivity contribution in [3.05, 3.63) is 0 Å². The van der Waals surface area contributed by atoms with Gasteiger partial charge in [-0.3, -0.25) is 14.4 Å². The van der Waals surface area contributed by atoms with Gasteiger partial charge in [0.05, 0.1) is 7.11 Å². The lowest BCUT2D eigenvalue weighted by Gasteiger charge is -2.06. The Morgan fingerprint density at radius 2 is 2.38 bits per heavy atom.